The quantitative estimate of drug-likeness (QED) is 0.880. The summed E-state index contributed by atoms with van der Waals surface area (Å²) in [7, 11) is -3.97. The van der Waals surface area contributed by atoms with Gasteiger partial charge in [0, 0.05) is 25.8 Å². The first-order valence-corrected chi connectivity index (χ1v) is 8.18. The van der Waals surface area contributed by atoms with Gasteiger partial charge in [0.1, 0.15) is 11.5 Å². The van der Waals surface area contributed by atoms with Crippen molar-refractivity contribution in [3.8, 4) is 0 Å². The van der Waals surface area contributed by atoms with Crippen LogP contribution in [0.1, 0.15) is 12.8 Å². The molecule has 0 bridgehead atoms. The van der Waals surface area contributed by atoms with Gasteiger partial charge in [-0.1, -0.05) is 11.6 Å². The van der Waals surface area contributed by atoms with E-state index in [1.54, 1.807) is 0 Å². The van der Waals surface area contributed by atoms with Crippen LogP contribution in [0.15, 0.2) is 12.1 Å². The lowest BCUT2D eigenvalue weighted by Gasteiger charge is -2.30. The fourth-order valence-electron chi connectivity index (χ4n) is 2.17. The number of rotatable bonds is 4. The number of hydrogen-bond donors (Lipinski definition) is 2. The molecule has 1 heterocycles. The van der Waals surface area contributed by atoms with Crippen molar-refractivity contribution in [3.63, 3.8) is 0 Å². The van der Waals surface area contributed by atoms with Crippen LogP contribution in [0.5, 0.6) is 0 Å². The monoisotopic (exact) mass is 340 g/mol. The van der Waals surface area contributed by atoms with E-state index in [0.29, 0.717) is 18.9 Å². The molecule has 1 aliphatic rings. The molecule has 0 unspecified atom stereocenters. The smallest absolute Gasteiger partial charge is 0.301 e. The third-order valence-corrected chi connectivity index (χ3v) is 5.21. The molecule has 0 amide bonds. The Balaban J connectivity index is 2.15. The van der Waals surface area contributed by atoms with E-state index in [-0.39, 0.29) is 30.6 Å². The SMILES string of the molecule is O=S(=O)(Nc1c(F)cc(F)cc1Cl)N1CCC(CO)CC1. The molecule has 1 aliphatic heterocycles. The van der Waals surface area contributed by atoms with Crippen molar-refractivity contribution in [2.45, 2.75) is 12.8 Å². The Kier molecular flexibility index (Phi) is 5.03. The largest absolute Gasteiger partial charge is 0.396 e. The predicted octanol–water partition coefficient (Wildman–Crippen LogP) is 1.98. The molecule has 1 fully saturated rings. The predicted molar refractivity (Wildman–Crippen MR) is 75.3 cm³/mol. The number of piperidine rings is 1. The van der Waals surface area contributed by atoms with Gasteiger partial charge in [0.2, 0.25) is 0 Å². The van der Waals surface area contributed by atoms with Gasteiger partial charge in [0.05, 0.1) is 5.02 Å². The van der Waals surface area contributed by atoms with Crippen LogP contribution in [0.4, 0.5) is 14.5 Å². The summed E-state index contributed by atoms with van der Waals surface area (Å²) < 4.78 is 54.1. The van der Waals surface area contributed by atoms with Crippen molar-refractivity contribution in [2.75, 3.05) is 24.4 Å². The number of halogens is 3. The molecule has 0 aromatic heterocycles. The van der Waals surface area contributed by atoms with Crippen LogP contribution in [0, 0.1) is 17.6 Å². The van der Waals surface area contributed by atoms with E-state index in [9.17, 15) is 17.2 Å². The van der Waals surface area contributed by atoms with Crippen LogP contribution in [0.2, 0.25) is 5.02 Å². The lowest BCUT2D eigenvalue weighted by Crippen LogP contribution is -2.42. The number of benzene rings is 1. The van der Waals surface area contributed by atoms with E-state index < -0.39 is 27.5 Å². The van der Waals surface area contributed by atoms with E-state index in [2.05, 4.69) is 0 Å². The molecule has 1 aromatic rings. The fourth-order valence-corrected chi connectivity index (χ4v) is 3.75. The van der Waals surface area contributed by atoms with Gasteiger partial charge < -0.3 is 5.11 Å². The molecule has 0 atom stereocenters. The second-order valence-corrected chi connectivity index (χ2v) is 6.95. The van der Waals surface area contributed by atoms with Crippen LogP contribution < -0.4 is 4.72 Å². The minimum atomic E-state index is -3.97. The van der Waals surface area contributed by atoms with Crippen molar-refractivity contribution >= 4 is 27.5 Å². The second kappa shape index (κ2) is 6.43. The first-order valence-electron chi connectivity index (χ1n) is 6.37. The molecule has 5 nitrogen and oxygen atoms in total. The summed E-state index contributed by atoms with van der Waals surface area (Å²) in [6, 6.07) is 1.39. The molecule has 0 saturated carbocycles. The first kappa shape index (κ1) is 16.4. The maximum absolute atomic E-state index is 13.6. The van der Waals surface area contributed by atoms with Gasteiger partial charge in [-0.25, -0.2) is 8.78 Å². The molecule has 21 heavy (non-hydrogen) atoms. The summed E-state index contributed by atoms with van der Waals surface area (Å²) in [6.07, 6.45) is 1.05. The molecular weight excluding hydrogens is 326 g/mol. The Morgan fingerprint density at radius 1 is 1.33 bits per heavy atom. The highest BCUT2D eigenvalue weighted by Crippen LogP contribution is 2.28. The van der Waals surface area contributed by atoms with Gasteiger partial charge in [-0.2, -0.15) is 12.7 Å². The van der Waals surface area contributed by atoms with E-state index in [1.165, 1.54) is 0 Å². The molecular formula is C12H15ClF2N2O3S. The average molecular weight is 341 g/mol. The number of hydrogen-bond acceptors (Lipinski definition) is 3. The average Bonchev–Trinajstić information content (AvgIpc) is 2.43. The van der Waals surface area contributed by atoms with Crippen LogP contribution >= 0.6 is 11.6 Å². The molecule has 2 rings (SSSR count). The summed E-state index contributed by atoms with van der Waals surface area (Å²) in [4.78, 5) is 0. The number of anilines is 1. The van der Waals surface area contributed by atoms with E-state index >= 15 is 0 Å². The fraction of sp³-hybridized carbons (Fsp3) is 0.500. The summed E-state index contributed by atoms with van der Waals surface area (Å²) in [5.41, 5.74) is -0.470. The van der Waals surface area contributed by atoms with E-state index in [4.69, 9.17) is 16.7 Å². The standard InChI is InChI=1S/C12H15ClF2N2O3S/c13-10-5-9(14)6-11(15)12(10)16-21(19,20)17-3-1-8(7-18)2-4-17/h5-6,8,16,18H,1-4,7H2. The van der Waals surface area contributed by atoms with Gasteiger partial charge in [-0.3, -0.25) is 4.72 Å². The molecule has 9 heteroatoms. The number of aliphatic hydroxyl groups is 1. The number of nitrogens with zero attached hydrogens (tertiary/aromatic N) is 1. The maximum atomic E-state index is 13.6. The summed E-state index contributed by atoms with van der Waals surface area (Å²) in [5.74, 6) is -1.89. The van der Waals surface area contributed by atoms with E-state index in [1.807, 2.05) is 4.72 Å². The Bertz CT molecular complexity index is 596. The molecule has 0 aliphatic carbocycles. The zero-order chi connectivity index (χ0) is 15.6. The van der Waals surface area contributed by atoms with Gasteiger partial charge in [0.15, 0.2) is 5.82 Å². The van der Waals surface area contributed by atoms with Gasteiger partial charge in [-0.15, -0.1) is 0 Å². The molecule has 2 N–H and O–H groups in total. The molecule has 1 aromatic carbocycles. The first-order chi connectivity index (χ1) is 9.83. The molecule has 0 spiro atoms. The molecule has 0 radical (unpaired) electrons. The van der Waals surface area contributed by atoms with Crippen LogP contribution in [0.25, 0.3) is 0 Å². The van der Waals surface area contributed by atoms with Gasteiger partial charge in [0.25, 0.3) is 0 Å². The van der Waals surface area contributed by atoms with Gasteiger partial charge >= 0.3 is 10.2 Å². The third kappa shape index (κ3) is 3.82. The van der Waals surface area contributed by atoms with Crippen LogP contribution in [0.3, 0.4) is 0 Å². The highest BCUT2D eigenvalue weighted by molar-refractivity contribution is 7.90. The maximum Gasteiger partial charge on any atom is 0.301 e. The Hall–Kier alpha value is -0.960. The highest BCUT2D eigenvalue weighted by Gasteiger charge is 2.29. The minimum absolute atomic E-state index is 0.0136. The third-order valence-electron chi connectivity index (χ3n) is 3.41. The van der Waals surface area contributed by atoms with Crippen molar-refractivity contribution < 1.29 is 22.3 Å². The molecule has 118 valence electrons. The Morgan fingerprint density at radius 2 is 1.95 bits per heavy atom. The van der Waals surface area contributed by atoms with Crippen molar-refractivity contribution in [1.82, 2.24) is 4.31 Å². The Labute approximate surface area is 126 Å². The molecule has 1 saturated heterocycles. The van der Waals surface area contributed by atoms with E-state index in [0.717, 1.165) is 10.4 Å². The van der Waals surface area contributed by atoms with Crippen molar-refractivity contribution in [1.29, 1.82) is 0 Å². The summed E-state index contributed by atoms with van der Waals surface area (Å²) in [6.45, 7) is 0.460. The lowest BCUT2D eigenvalue weighted by atomic mass is 10.00. The summed E-state index contributed by atoms with van der Waals surface area (Å²) >= 11 is 5.67. The zero-order valence-electron chi connectivity index (χ0n) is 11.0. The van der Waals surface area contributed by atoms with Gasteiger partial charge in [-0.05, 0) is 24.8 Å². The second-order valence-electron chi connectivity index (χ2n) is 4.88. The van der Waals surface area contributed by atoms with Crippen LogP contribution in [-0.4, -0.2) is 37.5 Å². The summed E-state index contributed by atoms with van der Waals surface area (Å²) in [5, 5.41) is 8.68. The van der Waals surface area contributed by atoms with Crippen molar-refractivity contribution in [3.05, 3.63) is 28.8 Å². The van der Waals surface area contributed by atoms with Crippen molar-refractivity contribution in [2.24, 2.45) is 5.92 Å². The zero-order valence-corrected chi connectivity index (χ0v) is 12.6. The lowest BCUT2D eigenvalue weighted by molar-refractivity contribution is 0.170. The highest BCUT2D eigenvalue weighted by atomic mass is 35.5. The number of aliphatic hydroxyl groups excluding tert-OH is 1. The number of nitrogens with one attached hydrogen (secondary N) is 1. The topological polar surface area (TPSA) is 69.6 Å². The normalized spacial score (nSPS) is 17.9. The van der Waals surface area contributed by atoms with Crippen LogP contribution in [-0.2, 0) is 10.2 Å². The minimum Gasteiger partial charge on any atom is -0.396 e. The Morgan fingerprint density at radius 3 is 2.48 bits per heavy atom.